The summed E-state index contributed by atoms with van der Waals surface area (Å²) in [4.78, 5) is 19.7. The summed E-state index contributed by atoms with van der Waals surface area (Å²) in [6, 6.07) is 7.72. The fourth-order valence-corrected chi connectivity index (χ4v) is 3.66. The summed E-state index contributed by atoms with van der Waals surface area (Å²) < 4.78 is 12.5. The zero-order valence-corrected chi connectivity index (χ0v) is 14.9. The minimum Gasteiger partial charge on any atom is -0.497 e. The molecule has 0 aliphatic heterocycles. The van der Waals surface area contributed by atoms with E-state index >= 15 is 0 Å². The average molecular weight is 354 g/mol. The van der Waals surface area contributed by atoms with E-state index in [0.29, 0.717) is 11.6 Å². The average Bonchev–Trinajstić information content (AvgIpc) is 3.28. The van der Waals surface area contributed by atoms with Gasteiger partial charge in [0.05, 0.1) is 37.1 Å². The number of imidazole rings is 1. The molecule has 0 radical (unpaired) electrons. The number of rotatable bonds is 5. The first-order valence-electron chi connectivity index (χ1n) is 8.79. The van der Waals surface area contributed by atoms with E-state index < -0.39 is 0 Å². The number of benzene rings is 1. The van der Waals surface area contributed by atoms with Gasteiger partial charge in [-0.15, -0.1) is 0 Å². The molecule has 2 heterocycles. The van der Waals surface area contributed by atoms with Gasteiger partial charge in [-0.3, -0.25) is 4.57 Å². The van der Waals surface area contributed by atoms with Crippen molar-refractivity contribution in [3.05, 3.63) is 40.9 Å². The third-order valence-corrected chi connectivity index (χ3v) is 4.96. The molecule has 1 saturated carbocycles. The van der Waals surface area contributed by atoms with Crippen molar-refractivity contribution in [3.8, 4) is 11.5 Å². The molecule has 0 amide bonds. The number of nitrogens with one attached hydrogen (secondary N) is 2. The third kappa shape index (κ3) is 2.89. The Hall–Kier alpha value is -2.96. The molecule has 136 valence electrons. The summed E-state index contributed by atoms with van der Waals surface area (Å²) in [5.74, 6) is 2.04. The van der Waals surface area contributed by atoms with Crippen molar-refractivity contribution in [2.24, 2.45) is 0 Å². The number of ether oxygens (including phenoxy) is 2. The van der Waals surface area contributed by atoms with Crippen LogP contribution in [0.15, 0.2) is 35.3 Å². The molecule has 7 heteroatoms. The summed E-state index contributed by atoms with van der Waals surface area (Å²) in [6.45, 7) is 0. The maximum Gasteiger partial charge on any atom is 0.326 e. The molecule has 1 fully saturated rings. The molecule has 1 aliphatic carbocycles. The summed E-state index contributed by atoms with van der Waals surface area (Å²) in [5.41, 5.74) is 2.36. The van der Waals surface area contributed by atoms with E-state index in [1.165, 1.54) is 12.8 Å². The van der Waals surface area contributed by atoms with E-state index in [1.54, 1.807) is 20.4 Å². The highest BCUT2D eigenvalue weighted by Gasteiger charge is 2.21. The Morgan fingerprint density at radius 3 is 2.73 bits per heavy atom. The van der Waals surface area contributed by atoms with Gasteiger partial charge in [0.1, 0.15) is 17.3 Å². The van der Waals surface area contributed by atoms with Crippen molar-refractivity contribution >= 4 is 22.5 Å². The van der Waals surface area contributed by atoms with Crippen LogP contribution in [-0.2, 0) is 0 Å². The van der Waals surface area contributed by atoms with Crippen LogP contribution in [0, 0.1) is 0 Å². The van der Waals surface area contributed by atoms with Crippen molar-refractivity contribution < 1.29 is 9.47 Å². The highest BCUT2D eigenvalue weighted by Crippen LogP contribution is 2.33. The molecule has 1 aromatic carbocycles. The number of hydrogen-bond donors (Lipinski definition) is 2. The summed E-state index contributed by atoms with van der Waals surface area (Å²) in [5, 5.41) is 3.27. The predicted molar refractivity (Wildman–Crippen MR) is 101 cm³/mol. The van der Waals surface area contributed by atoms with Crippen LogP contribution in [0.1, 0.15) is 31.7 Å². The summed E-state index contributed by atoms with van der Waals surface area (Å²) in [7, 11) is 3.23. The van der Waals surface area contributed by atoms with Crippen LogP contribution in [0.3, 0.4) is 0 Å². The van der Waals surface area contributed by atoms with E-state index in [9.17, 15) is 4.79 Å². The van der Waals surface area contributed by atoms with Gasteiger partial charge >= 0.3 is 5.69 Å². The zero-order chi connectivity index (χ0) is 18.1. The lowest BCUT2D eigenvalue weighted by Gasteiger charge is -2.13. The van der Waals surface area contributed by atoms with E-state index in [1.807, 2.05) is 28.8 Å². The molecule has 0 bridgehead atoms. The first-order chi connectivity index (χ1) is 12.7. The Kier molecular flexibility index (Phi) is 4.28. The Morgan fingerprint density at radius 2 is 2.00 bits per heavy atom. The Balaban J connectivity index is 1.71. The first kappa shape index (κ1) is 16.5. The Labute approximate surface area is 151 Å². The smallest absolute Gasteiger partial charge is 0.326 e. The minimum atomic E-state index is -0.0621. The number of hydrogen-bond acceptors (Lipinski definition) is 5. The van der Waals surface area contributed by atoms with Crippen LogP contribution in [-0.4, -0.2) is 28.8 Å². The largest absolute Gasteiger partial charge is 0.497 e. The van der Waals surface area contributed by atoms with Gasteiger partial charge in [0.25, 0.3) is 0 Å². The van der Waals surface area contributed by atoms with E-state index in [0.717, 1.165) is 35.3 Å². The van der Waals surface area contributed by atoms with Gasteiger partial charge in [-0.25, -0.2) is 9.78 Å². The topological polar surface area (TPSA) is 81.2 Å². The molecule has 4 rings (SSSR count). The quantitative estimate of drug-likeness (QED) is 0.732. The van der Waals surface area contributed by atoms with Crippen LogP contribution >= 0.6 is 0 Å². The van der Waals surface area contributed by atoms with Crippen LogP contribution in [0.2, 0.25) is 0 Å². The predicted octanol–water partition coefficient (Wildman–Crippen LogP) is 3.60. The summed E-state index contributed by atoms with van der Waals surface area (Å²) in [6.07, 6.45) is 6.13. The van der Waals surface area contributed by atoms with Crippen molar-refractivity contribution in [1.82, 2.24) is 14.5 Å². The van der Waals surface area contributed by atoms with E-state index in [4.69, 9.17) is 9.47 Å². The molecular weight excluding hydrogens is 332 g/mol. The standard InChI is InChI=1S/C19H22N4O3/c1-25-13-7-8-14(17(9-13)26-2)21-18-10-16-15(11-20-18)22-19(24)23(16)12-5-3-4-6-12/h7-12H,3-6H2,1-2H3,(H,20,21)(H,22,24). The van der Waals surface area contributed by atoms with Crippen LogP contribution in [0.25, 0.3) is 11.0 Å². The molecule has 7 nitrogen and oxygen atoms in total. The van der Waals surface area contributed by atoms with Crippen LogP contribution in [0.4, 0.5) is 11.5 Å². The molecule has 1 aliphatic rings. The van der Waals surface area contributed by atoms with Gasteiger partial charge in [-0.1, -0.05) is 12.8 Å². The Morgan fingerprint density at radius 1 is 1.19 bits per heavy atom. The molecule has 2 aromatic heterocycles. The van der Waals surface area contributed by atoms with Gasteiger partial charge in [0.15, 0.2) is 0 Å². The lowest BCUT2D eigenvalue weighted by molar-refractivity contribution is 0.395. The van der Waals surface area contributed by atoms with Crippen molar-refractivity contribution in [2.75, 3.05) is 19.5 Å². The van der Waals surface area contributed by atoms with Gasteiger partial charge in [0, 0.05) is 18.2 Å². The van der Waals surface area contributed by atoms with Crippen LogP contribution < -0.4 is 20.5 Å². The second kappa shape index (κ2) is 6.74. The first-order valence-corrected chi connectivity index (χ1v) is 8.79. The molecule has 2 N–H and O–H groups in total. The van der Waals surface area contributed by atoms with Crippen molar-refractivity contribution in [3.63, 3.8) is 0 Å². The number of fused-ring (bicyclic) bond motifs is 1. The van der Waals surface area contributed by atoms with Crippen molar-refractivity contribution in [2.45, 2.75) is 31.7 Å². The number of nitrogens with zero attached hydrogens (tertiary/aromatic N) is 2. The molecule has 26 heavy (non-hydrogen) atoms. The lowest BCUT2D eigenvalue weighted by atomic mass is 10.2. The van der Waals surface area contributed by atoms with Gasteiger partial charge in [-0.05, 0) is 25.0 Å². The highest BCUT2D eigenvalue weighted by atomic mass is 16.5. The van der Waals surface area contributed by atoms with E-state index in [2.05, 4.69) is 15.3 Å². The summed E-state index contributed by atoms with van der Waals surface area (Å²) >= 11 is 0. The van der Waals surface area contributed by atoms with E-state index in [-0.39, 0.29) is 11.7 Å². The number of methoxy groups -OCH3 is 2. The molecule has 0 atom stereocenters. The number of pyridine rings is 1. The molecule has 0 saturated heterocycles. The number of H-pyrrole nitrogens is 1. The van der Waals surface area contributed by atoms with Crippen molar-refractivity contribution in [1.29, 1.82) is 0 Å². The zero-order valence-electron chi connectivity index (χ0n) is 14.9. The number of anilines is 2. The van der Waals surface area contributed by atoms with Gasteiger partial charge in [-0.2, -0.15) is 0 Å². The normalized spacial score (nSPS) is 14.7. The monoisotopic (exact) mass is 354 g/mol. The molecule has 3 aromatic rings. The second-order valence-corrected chi connectivity index (χ2v) is 6.52. The van der Waals surface area contributed by atoms with Gasteiger partial charge < -0.3 is 19.8 Å². The molecule has 0 unspecified atom stereocenters. The maximum absolute atomic E-state index is 12.4. The lowest BCUT2D eigenvalue weighted by Crippen LogP contribution is -2.20. The molecular formula is C19H22N4O3. The fraction of sp³-hybridized carbons (Fsp3) is 0.368. The number of aromatic nitrogens is 3. The highest BCUT2D eigenvalue weighted by molar-refractivity contribution is 5.79. The Bertz CT molecular complexity index is 986. The third-order valence-electron chi connectivity index (χ3n) is 4.96. The fourth-order valence-electron chi connectivity index (χ4n) is 3.66. The minimum absolute atomic E-state index is 0.0621. The number of aromatic amines is 1. The van der Waals surface area contributed by atoms with Crippen LogP contribution in [0.5, 0.6) is 11.5 Å². The SMILES string of the molecule is COc1ccc(Nc2cc3c(cn2)[nH]c(=O)n3C2CCCC2)c(OC)c1. The maximum atomic E-state index is 12.4. The second-order valence-electron chi connectivity index (χ2n) is 6.52. The van der Waals surface area contributed by atoms with Gasteiger partial charge in [0.2, 0.25) is 0 Å². The molecule has 0 spiro atoms.